The zero-order valence-electron chi connectivity index (χ0n) is 11.7. The van der Waals surface area contributed by atoms with Gasteiger partial charge in [0.1, 0.15) is 0 Å². The van der Waals surface area contributed by atoms with E-state index < -0.39 is 0 Å². The largest absolute Gasteiger partial charge is 0.360 e. The standard InChI is InChI=1S/C17H18N2S/c1-12-7-8-15-14(9-12)17(11-19-15)20-16-6-4-3-5-13(16)10-18-2/h3-9,11,18-19H,10H2,1-2H3. The van der Waals surface area contributed by atoms with E-state index in [0.29, 0.717) is 0 Å². The summed E-state index contributed by atoms with van der Waals surface area (Å²) in [6.45, 7) is 3.03. The van der Waals surface area contributed by atoms with Crippen LogP contribution < -0.4 is 5.32 Å². The molecule has 3 aromatic rings. The second kappa shape index (κ2) is 5.73. The third-order valence-electron chi connectivity index (χ3n) is 3.36. The van der Waals surface area contributed by atoms with E-state index >= 15 is 0 Å². The van der Waals surface area contributed by atoms with Crippen molar-refractivity contribution in [1.82, 2.24) is 10.3 Å². The van der Waals surface area contributed by atoms with Crippen LogP contribution in [0.1, 0.15) is 11.1 Å². The Morgan fingerprint density at radius 1 is 1.10 bits per heavy atom. The van der Waals surface area contributed by atoms with Crippen molar-refractivity contribution in [2.24, 2.45) is 0 Å². The second-order valence-electron chi connectivity index (χ2n) is 4.94. The summed E-state index contributed by atoms with van der Waals surface area (Å²) in [6, 6.07) is 15.1. The van der Waals surface area contributed by atoms with Crippen LogP contribution >= 0.6 is 11.8 Å². The molecule has 0 fully saturated rings. The number of fused-ring (bicyclic) bond motifs is 1. The Bertz CT molecular complexity index is 731. The zero-order chi connectivity index (χ0) is 13.9. The van der Waals surface area contributed by atoms with Crippen LogP contribution in [-0.2, 0) is 6.54 Å². The predicted molar refractivity (Wildman–Crippen MR) is 86.4 cm³/mol. The monoisotopic (exact) mass is 282 g/mol. The minimum Gasteiger partial charge on any atom is -0.360 e. The molecule has 0 aliphatic carbocycles. The number of H-pyrrole nitrogens is 1. The van der Waals surface area contributed by atoms with E-state index in [1.165, 1.54) is 31.8 Å². The molecule has 1 aromatic heterocycles. The van der Waals surface area contributed by atoms with Gasteiger partial charge in [-0.15, -0.1) is 0 Å². The fourth-order valence-electron chi connectivity index (χ4n) is 2.35. The summed E-state index contributed by atoms with van der Waals surface area (Å²) in [6.07, 6.45) is 2.10. The van der Waals surface area contributed by atoms with Crippen LogP contribution in [0.25, 0.3) is 10.9 Å². The summed E-state index contributed by atoms with van der Waals surface area (Å²) >= 11 is 1.83. The number of aryl methyl sites for hydroxylation is 1. The average molecular weight is 282 g/mol. The predicted octanol–water partition coefficient (Wildman–Crippen LogP) is 4.35. The van der Waals surface area contributed by atoms with Crippen LogP contribution in [0, 0.1) is 6.92 Å². The molecule has 2 N–H and O–H groups in total. The van der Waals surface area contributed by atoms with Crippen molar-refractivity contribution in [1.29, 1.82) is 0 Å². The van der Waals surface area contributed by atoms with Gasteiger partial charge in [0.15, 0.2) is 0 Å². The van der Waals surface area contributed by atoms with Gasteiger partial charge >= 0.3 is 0 Å². The summed E-state index contributed by atoms with van der Waals surface area (Å²) in [5, 5.41) is 4.53. The van der Waals surface area contributed by atoms with Crippen molar-refractivity contribution in [3.8, 4) is 0 Å². The van der Waals surface area contributed by atoms with E-state index in [0.717, 1.165) is 6.54 Å². The molecule has 20 heavy (non-hydrogen) atoms. The normalized spacial score (nSPS) is 11.1. The van der Waals surface area contributed by atoms with E-state index in [4.69, 9.17) is 0 Å². The highest BCUT2D eigenvalue weighted by molar-refractivity contribution is 7.99. The molecule has 0 atom stereocenters. The van der Waals surface area contributed by atoms with Crippen molar-refractivity contribution in [2.45, 2.75) is 23.3 Å². The molecule has 102 valence electrons. The molecule has 0 amide bonds. The highest BCUT2D eigenvalue weighted by Gasteiger charge is 2.08. The zero-order valence-corrected chi connectivity index (χ0v) is 12.6. The van der Waals surface area contributed by atoms with E-state index in [-0.39, 0.29) is 0 Å². The highest BCUT2D eigenvalue weighted by atomic mass is 32.2. The molecule has 3 rings (SSSR count). The fraction of sp³-hybridized carbons (Fsp3) is 0.176. The summed E-state index contributed by atoms with van der Waals surface area (Å²) in [4.78, 5) is 5.94. The van der Waals surface area contributed by atoms with Gasteiger partial charge in [-0.1, -0.05) is 41.6 Å². The average Bonchev–Trinajstić information content (AvgIpc) is 2.84. The van der Waals surface area contributed by atoms with Gasteiger partial charge in [-0.05, 0) is 37.7 Å². The third kappa shape index (κ3) is 2.60. The molecular formula is C17H18N2S. The smallest absolute Gasteiger partial charge is 0.0465 e. The highest BCUT2D eigenvalue weighted by Crippen LogP contribution is 2.35. The molecule has 2 nitrogen and oxygen atoms in total. The van der Waals surface area contributed by atoms with E-state index in [2.05, 4.69) is 65.9 Å². The minimum absolute atomic E-state index is 0.893. The Morgan fingerprint density at radius 2 is 1.95 bits per heavy atom. The Hall–Kier alpha value is -1.71. The third-order valence-corrected chi connectivity index (χ3v) is 4.53. The second-order valence-corrected chi connectivity index (χ2v) is 6.03. The van der Waals surface area contributed by atoms with Crippen LogP contribution in [-0.4, -0.2) is 12.0 Å². The van der Waals surface area contributed by atoms with Crippen LogP contribution in [0.4, 0.5) is 0 Å². The van der Waals surface area contributed by atoms with Crippen LogP contribution in [0.5, 0.6) is 0 Å². The SMILES string of the molecule is CNCc1ccccc1Sc1c[nH]c2ccc(C)cc12. The minimum atomic E-state index is 0.893. The van der Waals surface area contributed by atoms with E-state index in [1.54, 1.807) is 0 Å². The van der Waals surface area contributed by atoms with Crippen LogP contribution in [0.3, 0.4) is 0 Å². The van der Waals surface area contributed by atoms with Gasteiger partial charge in [0.05, 0.1) is 0 Å². The van der Waals surface area contributed by atoms with Crippen LogP contribution in [0.15, 0.2) is 58.5 Å². The van der Waals surface area contributed by atoms with Crippen molar-refractivity contribution in [3.05, 3.63) is 59.8 Å². The lowest BCUT2D eigenvalue weighted by Gasteiger charge is -2.08. The Labute approximate surface area is 123 Å². The number of hydrogen-bond acceptors (Lipinski definition) is 2. The van der Waals surface area contributed by atoms with Gasteiger partial charge in [-0.2, -0.15) is 0 Å². The fourth-order valence-corrected chi connectivity index (χ4v) is 3.40. The molecule has 0 unspecified atom stereocenters. The molecule has 0 aliphatic rings. The topological polar surface area (TPSA) is 27.8 Å². The number of aromatic amines is 1. The molecule has 0 aliphatic heterocycles. The first-order chi connectivity index (χ1) is 9.78. The van der Waals surface area contributed by atoms with Crippen molar-refractivity contribution >= 4 is 22.7 Å². The molecule has 1 heterocycles. The molecule has 0 bridgehead atoms. The molecule has 2 aromatic carbocycles. The molecular weight excluding hydrogens is 264 g/mol. The molecule has 0 spiro atoms. The van der Waals surface area contributed by atoms with Crippen molar-refractivity contribution in [3.63, 3.8) is 0 Å². The van der Waals surface area contributed by atoms with Crippen LogP contribution in [0.2, 0.25) is 0 Å². The first-order valence-electron chi connectivity index (χ1n) is 6.76. The Morgan fingerprint density at radius 3 is 2.80 bits per heavy atom. The molecule has 3 heteroatoms. The maximum absolute atomic E-state index is 3.35. The number of aromatic nitrogens is 1. The van der Waals surface area contributed by atoms with Gasteiger partial charge in [-0.3, -0.25) is 0 Å². The quantitative estimate of drug-likeness (QED) is 0.744. The molecule has 0 radical (unpaired) electrons. The van der Waals surface area contributed by atoms with E-state index in [1.807, 2.05) is 18.8 Å². The lowest BCUT2D eigenvalue weighted by molar-refractivity contribution is 0.803. The van der Waals surface area contributed by atoms with Gasteiger partial charge in [0.2, 0.25) is 0 Å². The first-order valence-corrected chi connectivity index (χ1v) is 7.57. The Balaban J connectivity index is 1.99. The number of hydrogen-bond donors (Lipinski definition) is 2. The summed E-state index contributed by atoms with van der Waals surface area (Å²) in [7, 11) is 1.98. The number of nitrogens with one attached hydrogen (secondary N) is 2. The Kier molecular flexibility index (Phi) is 3.81. The van der Waals surface area contributed by atoms with Gasteiger partial charge in [-0.25, -0.2) is 0 Å². The maximum atomic E-state index is 3.35. The van der Waals surface area contributed by atoms with Gasteiger partial charge < -0.3 is 10.3 Å². The van der Waals surface area contributed by atoms with Crippen molar-refractivity contribution < 1.29 is 0 Å². The number of rotatable bonds is 4. The summed E-state index contributed by atoms with van der Waals surface area (Å²) in [5.74, 6) is 0. The van der Waals surface area contributed by atoms with Gasteiger partial charge in [0.25, 0.3) is 0 Å². The summed E-state index contributed by atoms with van der Waals surface area (Å²) in [5.41, 5.74) is 3.83. The lowest BCUT2D eigenvalue weighted by atomic mass is 10.2. The van der Waals surface area contributed by atoms with E-state index in [9.17, 15) is 0 Å². The molecule has 0 saturated carbocycles. The maximum Gasteiger partial charge on any atom is 0.0465 e. The van der Waals surface area contributed by atoms with Gasteiger partial charge in [0, 0.05) is 33.4 Å². The van der Waals surface area contributed by atoms with Crippen molar-refractivity contribution in [2.75, 3.05) is 7.05 Å². The first kappa shape index (κ1) is 13.3. The molecule has 0 saturated heterocycles. The lowest BCUT2D eigenvalue weighted by Crippen LogP contribution is -2.05. The summed E-state index contributed by atoms with van der Waals surface area (Å²) < 4.78 is 0. The number of benzene rings is 2.